The van der Waals surface area contributed by atoms with Gasteiger partial charge in [0.25, 0.3) is 0 Å². The molecular weight excluding hydrogens is 260 g/mol. The SMILES string of the molecule is CCCN1CCCC(CNC)C1c1cccc(COC)c1. The molecule has 1 aliphatic heterocycles. The third-order valence-electron chi connectivity index (χ3n) is 4.44. The van der Waals surface area contributed by atoms with Crippen LogP contribution in [0.4, 0.5) is 0 Å². The largest absolute Gasteiger partial charge is 0.380 e. The molecule has 1 aliphatic rings. The van der Waals surface area contributed by atoms with E-state index in [1.54, 1.807) is 7.11 Å². The number of rotatable bonds is 7. The summed E-state index contributed by atoms with van der Waals surface area (Å²) in [6.45, 7) is 6.50. The number of nitrogens with zero attached hydrogens (tertiary/aromatic N) is 1. The first-order chi connectivity index (χ1) is 10.3. The fraction of sp³-hybridized carbons (Fsp3) is 0.667. The first-order valence-electron chi connectivity index (χ1n) is 8.26. The van der Waals surface area contributed by atoms with Crippen molar-refractivity contribution in [2.45, 2.75) is 38.8 Å². The van der Waals surface area contributed by atoms with Crippen LogP contribution in [0.5, 0.6) is 0 Å². The maximum Gasteiger partial charge on any atom is 0.0713 e. The predicted octanol–water partition coefficient (Wildman–Crippen LogP) is 3.22. The molecule has 1 fully saturated rings. The number of likely N-dealkylation sites (tertiary alicyclic amines) is 1. The number of piperidine rings is 1. The molecule has 2 unspecified atom stereocenters. The molecule has 2 rings (SSSR count). The molecule has 0 amide bonds. The average molecular weight is 290 g/mol. The molecule has 3 heteroatoms. The fourth-order valence-corrected chi connectivity index (χ4v) is 3.68. The van der Waals surface area contributed by atoms with Gasteiger partial charge in [0.15, 0.2) is 0 Å². The highest BCUT2D eigenvalue weighted by Crippen LogP contribution is 2.36. The number of ether oxygens (including phenoxy) is 1. The maximum atomic E-state index is 5.29. The highest BCUT2D eigenvalue weighted by molar-refractivity contribution is 5.27. The Morgan fingerprint density at radius 2 is 2.24 bits per heavy atom. The molecule has 21 heavy (non-hydrogen) atoms. The fourth-order valence-electron chi connectivity index (χ4n) is 3.68. The molecule has 1 aromatic carbocycles. The van der Waals surface area contributed by atoms with Crippen LogP contribution in [0.2, 0.25) is 0 Å². The molecule has 1 heterocycles. The van der Waals surface area contributed by atoms with Gasteiger partial charge in [0.2, 0.25) is 0 Å². The van der Waals surface area contributed by atoms with Gasteiger partial charge >= 0.3 is 0 Å². The number of nitrogens with one attached hydrogen (secondary N) is 1. The molecule has 0 bridgehead atoms. The Morgan fingerprint density at radius 1 is 1.38 bits per heavy atom. The van der Waals surface area contributed by atoms with Crippen molar-refractivity contribution in [1.82, 2.24) is 10.2 Å². The zero-order valence-corrected chi connectivity index (χ0v) is 13.8. The Kier molecular flexibility index (Phi) is 6.68. The van der Waals surface area contributed by atoms with E-state index in [9.17, 15) is 0 Å². The molecule has 1 N–H and O–H groups in total. The van der Waals surface area contributed by atoms with Crippen molar-refractivity contribution >= 4 is 0 Å². The molecule has 3 nitrogen and oxygen atoms in total. The summed E-state index contributed by atoms with van der Waals surface area (Å²) < 4.78 is 5.29. The Morgan fingerprint density at radius 3 is 2.95 bits per heavy atom. The summed E-state index contributed by atoms with van der Waals surface area (Å²) in [5, 5.41) is 3.39. The summed E-state index contributed by atoms with van der Waals surface area (Å²) in [6, 6.07) is 9.51. The van der Waals surface area contributed by atoms with Crippen LogP contribution < -0.4 is 5.32 Å². The van der Waals surface area contributed by atoms with Crippen molar-refractivity contribution in [1.29, 1.82) is 0 Å². The van der Waals surface area contributed by atoms with E-state index < -0.39 is 0 Å². The summed E-state index contributed by atoms with van der Waals surface area (Å²) in [6.07, 6.45) is 3.86. The van der Waals surface area contributed by atoms with Crippen LogP contribution in [0, 0.1) is 5.92 Å². The van der Waals surface area contributed by atoms with Crippen LogP contribution in [0.25, 0.3) is 0 Å². The predicted molar refractivity (Wildman–Crippen MR) is 88.4 cm³/mol. The van der Waals surface area contributed by atoms with Gasteiger partial charge in [-0.1, -0.05) is 31.2 Å². The zero-order chi connectivity index (χ0) is 15.1. The molecule has 0 saturated carbocycles. The highest BCUT2D eigenvalue weighted by Gasteiger charge is 2.31. The molecule has 0 aliphatic carbocycles. The minimum Gasteiger partial charge on any atom is -0.380 e. The van der Waals surface area contributed by atoms with E-state index in [0.717, 1.165) is 6.54 Å². The van der Waals surface area contributed by atoms with E-state index in [2.05, 4.69) is 48.5 Å². The second kappa shape index (κ2) is 8.52. The molecule has 2 atom stereocenters. The van der Waals surface area contributed by atoms with E-state index in [4.69, 9.17) is 4.74 Å². The van der Waals surface area contributed by atoms with Crippen molar-refractivity contribution in [3.8, 4) is 0 Å². The standard InChI is InChI=1S/C18H30N2O/c1-4-10-20-11-6-9-17(13-19-2)18(20)16-8-5-7-15(12-16)14-21-3/h5,7-8,12,17-19H,4,6,9-11,13-14H2,1-3H3. The Hall–Kier alpha value is -0.900. The third kappa shape index (κ3) is 4.29. The Bertz CT molecular complexity index is 403. The molecule has 118 valence electrons. The van der Waals surface area contributed by atoms with Crippen LogP contribution in [0.3, 0.4) is 0 Å². The lowest BCUT2D eigenvalue weighted by Crippen LogP contribution is -2.42. The number of hydrogen-bond donors (Lipinski definition) is 1. The molecular formula is C18H30N2O. The quantitative estimate of drug-likeness (QED) is 0.834. The van der Waals surface area contributed by atoms with Crippen LogP contribution in [0.1, 0.15) is 43.4 Å². The topological polar surface area (TPSA) is 24.5 Å². The van der Waals surface area contributed by atoms with Gasteiger partial charge in [0.05, 0.1) is 6.61 Å². The van der Waals surface area contributed by atoms with Crippen LogP contribution in [-0.2, 0) is 11.3 Å². The smallest absolute Gasteiger partial charge is 0.0713 e. The van der Waals surface area contributed by atoms with Gasteiger partial charge in [0, 0.05) is 13.2 Å². The van der Waals surface area contributed by atoms with E-state index in [1.165, 1.54) is 43.5 Å². The summed E-state index contributed by atoms with van der Waals surface area (Å²) in [7, 11) is 3.83. The van der Waals surface area contributed by atoms with Gasteiger partial charge in [-0.25, -0.2) is 0 Å². The van der Waals surface area contributed by atoms with Gasteiger partial charge in [-0.05, 0) is 63.0 Å². The third-order valence-corrected chi connectivity index (χ3v) is 4.44. The minimum atomic E-state index is 0.544. The molecule has 0 aromatic heterocycles. The van der Waals surface area contributed by atoms with E-state index in [-0.39, 0.29) is 0 Å². The van der Waals surface area contributed by atoms with E-state index in [0.29, 0.717) is 18.6 Å². The van der Waals surface area contributed by atoms with Gasteiger partial charge in [-0.15, -0.1) is 0 Å². The summed E-state index contributed by atoms with van der Waals surface area (Å²) in [5.41, 5.74) is 2.73. The monoisotopic (exact) mass is 290 g/mol. The maximum absolute atomic E-state index is 5.29. The van der Waals surface area contributed by atoms with Crippen LogP contribution in [-0.4, -0.2) is 38.7 Å². The molecule has 1 saturated heterocycles. The normalized spacial score (nSPS) is 23.4. The van der Waals surface area contributed by atoms with Crippen molar-refractivity contribution in [3.63, 3.8) is 0 Å². The summed E-state index contributed by atoms with van der Waals surface area (Å²) in [5.74, 6) is 0.702. The number of methoxy groups -OCH3 is 1. The molecule has 1 aromatic rings. The van der Waals surface area contributed by atoms with Crippen LogP contribution >= 0.6 is 0 Å². The second-order valence-electron chi connectivity index (χ2n) is 6.12. The van der Waals surface area contributed by atoms with Crippen molar-refractivity contribution in [2.75, 3.05) is 33.8 Å². The number of hydrogen-bond acceptors (Lipinski definition) is 3. The number of benzene rings is 1. The van der Waals surface area contributed by atoms with E-state index >= 15 is 0 Å². The van der Waals surface area contributed by atoms with Gasteiger partial charge < -0.3 is 10.1 Å². The molecule has 0 spiro atoms. The average Bonchev–Trinajstić information content (AvgIpc) is 2.49. The highest BCUT2D eigenvalue weighted by atomic mass is 16.5. The molecule has 0 radical (unpaired) electrons. The van der Waals surface area contributed by atoms with Crippen molar-refractivity contribution in [3.05, 3.63) is 35.4 Å². The van der Waals surface area contributed by atoms with Gasteiger partial charge in [-0.3, -0.25) is 4.90 Å². The summed E-state index contributed by atoms with van der Waals surface area (Å²) in [4.78, 5) is 2.68. The lowest BCUT2D eigenvalue weighted by Gasteiger charge is -2.42. The van der Waals surface area contributed by atoms with Gasteiger partial charge in [-0.2, -0.15) is 0 Å². The lowest BCUT2D eigenvalue weighted by atomic mass is 9.84. The zero-order valence-electron chi connectivity index (χ0n) is 13.8. The lowest BCUT2D eigenvalue weighted by molar-refractivity contribution is 0.0922. The Labute approximate surface area is 129 Å². The Balaban J connectivity index is 2.25. The van der Waals surface area contributed by atoms with Crippen molar-refractivity contribution < 1.29 is 4.74 Å². The second-order valence-corrected chi connectivity index (χ2v) is 6.12. The van der Waals surface area contributed by atoms with Gasteiger partial charge in [0.1, 0.15) is 0 Å². The summed E-state index contributed by atoms with van der Waals surface area (Å²) >= 11 is 0. The first-order valence-corrected chi connectivity index (χ1v) is 8.26. The minimum absolute atomic E-state index is 0.544. The van der Waals surface area contributed by atoms with E-state index in [1.807, 2.05) is 0 Å². The first kappa shape index (κ1) is 16.5. The van der Waals surface area contributed by atoms with Crippen LogP contribution in [0.15, 0.2) is 24.3 Å². The van der Waals surface area contributed by atoms with Crippen molar-refractivity contribution in [2.24, 2.45) is 5.92 Å².